The zero-order valence-corrected chi connectivity index (χ0v) is 10.6. The standard InChI is InChI=1S/C14H15NO4/c1-8(14(18)19)6-12(16)10-2-4-11-9(7-10)3-5-13(17)15-11/h2,4,7-8H,3,5-6H2,1H3,(H,15,17)(H,18,19). The first-order valence-corrected chi connectivity index (χ1v) is 6.16. The molecule has 19 heavy (non-hydrogen) atoms. The predicted octanol–water partition coefficient (Wildman–Crippen LogP) is 1.86. The third-order valence-electron chi connectivity index (χ3n) is 3.24. The third kappa shape index (κ3) is 2.99. The third-order valence-corrected chi connectivity index (χ3v) is 3.24. The number of aliphatic carboxylic acids is 1. The molecule has 0 saturated carbocycles. The van der Waals surface area contributed by atoms with Crippen molar-refractivity contribution in [1.29, 1.82) is 0 Å². The van der Waals surface area contributed by atoms with Crippen LogP contribution in [0.3, 0.4) is 0 Å². The Balaban J connectivity index is 2.16. The summed E-state index contributed by atoms with van der Waals surface area (Å²) in [4.78, 5) is 33.9. The molecule has 5 nitrogen and oxygen atoms in total. The Morgan fingerprint density at radius 2 is 2.11 bits per heavy atom. The summed E-state index contributed by atoms with van der Waals surface area (Å²) in [6.07, 6.45) is 1.01. The molecule has 0 fully saturated rings. The molecule has 1 unspecified atom stereocenters. The van der Waals surface area contributed by atoms with Crippen LogP contribution >= 0.6 is 0 Å². The van der Waals surface area contributed by atoms with Crippen molar-refractivity contribution < 1.29 is 19.5 Å². The lowest BCUT2D eigenvalue weighted by Crippen LogP contribution is -2.20. The van der Waals surface area contributed by atoms with Gasteiger partial charge in [0.05, 0.1) is 5.92 Å². The maximum absolute atomic E-state index is 12.0. The number of hydrogen-bond donors (Lipinski definition) is 2. The van der Waals surface area contributed by atoms with E-state index in [-0.39, 0.29) is 18.1 Å². The number of carboxylic acid groups (broad SMARTS) is 1. The van der Waals surface area contributed by atoms with E-state index >= 15 is 0 Å². The van der Waals surface area contributed by atoms with E-state index in [9.17, 15) is 14.4 Å². The maximum atomic E-state index is 12.0. The van der Waals surface area contributed by atoms with Crippen molar-refractivity contribution in [3.05, 3.63) is 29.3 Å². The van der Waals surface area contributed by atoms with Gasteiger partial charge in [0.15, 0.2) is 5.78 Å². The molecule has 1 aromatic rings. The molecule has 2 N–H and O–H groups in total. The number of benzene rings is 1. The minimum Gasteiger partial charge on any atom is -0.481 e. The average Bonchev–Trinajstić information content (AvgIpc) is 2.37. The molecular formula is C14H15NO4. The lowest BCUT2D eigenvalue weighted by Gasteiger charge is -2.17. The SMILES string of the molecule is CC(CC(=O)c1ccc2c(c1)CCC(=O)N2)C(=O)O. The van der Waals surface area contributed by atoms with Gasteiger partial charge in [-0.1, -0.05) is 6.92 Å². The van der Waals surface area contributed by atoms with Crippen LogP contribution in [-0.4, -0.2) is 22.8 Å². The second-order valence-electron chi connectivity index (χ2n) is 4.79. The fraction of sp³-hybridized carbons (Fsp3) is 0.357. The van der Waals surface area contributed by atoms with E-state index in [4.69, 9.17) is 5.11 Å². The second kappa shape index (κ2) is 5.22. The molecule has 2 rings (SSSR count). The van der Waals surface area contributed by atoms with Gasteiger partial charge in [0.2, 0.25) is 5.91 Å². The molecule has 5 heteroatoms. The monoisotopic (exact) mass is 261 g/mol. The molecule has 100 valence electrons. The van der Waals surface area contributed by atoms with Crippen molar-refractivity contribution >= 4 is 23.3 Å². The van der Waals surface area contributed by atoms with Crippen molar-refractivity contribution in [1.82, 2.24) is 0 Å². The fourth-order valence-electron chi connectivity index (χ4n) is 2.04. The Kier molecular flexibility index (Phi) is 3.64. The molecule has 0 radical (unpaired) electrons. The van der Waals surface area contributed by atoms with Crippen molar-refractivity contribution in [3.63, 3.8) is 0 Å². The highest BCUT2D eigenvalue weighted by Crippen LogP contribution is 2.24. The van der Waals surface area contributed by atoms with E-state index in [2.05, 4.69) is 5.32 Å². The van der Waals surface area contributed by atoms with Crippen LogP contribution in [0.25, 0.3) is 0 Å². The highest BCUT2D eigenvalue weighted by molar-refractivity contribution is 6.00. The quantitative estimate of drug-likeness (QED) is 0.810. The van der Waals surface area contributed by atoms with Gasteiger partial charge >= 0.3 is 5.97 Å². The number of aryl methyl sites for hydroxylation is 1. The summed E-state index contributed by atoms with van der Waals surface area (Å²) >= 11 is 0. The molecule has 0 saturated heterocycles. The van der Waals surface area contributed by atoms with Crippen LogP contribution in [0.4, 0.5) is 5.69 Å². The summed E-state index contributed by atoms with van der Waals surface area (Å²) in [6.45, 7) is 1.51. The summed E-state index contributed by atoms with van der Waals surface area (Å²) in [5.74, 6) is -1.87. The Labute approximate surface area is 110 Å². The van der Waals surface area contributed by atoms with Gasteiger partial charge in [0.1, 0.15) is 0 Å². The van der Waals surface area contributed by atoms with Crippen LogP contribution in [0.1, 0.15) is 35.7 Å². The number of carbonyl (C=O) groups excluding carboxylic acids is 2. The highest BCUT2D eigenvalue weighted by Gasteiger charge is 2.20. The van der Waals surface area contributed by atoms with Gasteiger partial charge < -0.3 is 10.4 Å². The van der Waals surface area contributed by atoms with Crippen LogP contribution in [0.5, 0.6) is 0 Å². The van der Waals surface area contributed by atoms with Crippen molar-refractivity contribution in [2.24, 2.45) is 5.92 Å². The molecule has 1 heterocycles. The maximum Gasteiger partial charge on any atom is 0.306 e. The lowest BCUT2D eigenvalue weighted by atomic mass is 9.95. The van der Waals surface area contributed by atoms with Crippen LogP contribution in [-0.2, 0) is 16.0 Å². The van der Waals surface area contributed by atoms with Gasteiger partial charge in [-0.25, -0.2) is 0 Å². The molecular weight excluding hydrogens is 246 g/mol. The number of fused-ring (bicyclic) bond motifs is 1. The van der Waals surface area contributed by atoms with Gasteiger partial charge in [-0.05, 0) is 30.2 Å². The van der Waals surface area contributed by atoms with E-state index in [0.29, 0.717) is 18.4 Å². The number of ketones is 1. The summed E-state index contributed by atoms with van der Waals surface area (Å²) in [6, 6.07) is 5.07. The second-order valence-corrected chi connectivity index (χ2v) is 4.79. The highest BCUT2D eigenvalue weighted by atomic mass is 16.4. The molecule has 0 aromatic heterocycles. The molecule has 1 amide bonds. The molecule has 1 aliphatic rings. The van der Waals surface area contributed by atoms with Crippen molar-refractivity contribution in [2.45, 2.75) is 26.2 Å². The molecule has 0 bridgehead atoms. The Hall–Kier alpha value is -2.17. The largest absolute Gasteiger partial charge is 0.481 e. The number of Topliss-reactive ketones (excluding diaryl/α,β-unsaturated/α-hetero) is 1. The molecule has 1 aromatic carbocycles. The Bertz CT molecular complexity index is 550. The summed E-state index contributed by atoms with van der Waals surface area (Å²) in [5, 5.41) is 11.5. The first kappa shape index (κ1) is 13.3. The number of carboxylic acids is 1. The van der Waals surface area contributed by atoms with Gasteiger partial charge in [0.25, 0.3) is 0 Å². The number of carbonyl (C=O) groups is 3. The number of rotatable bonds is 4. The summed E-state index contributed by atoms with van der Waals surface area (Å²) in [5.41, 5.74) is 2.16. The van der Waals surface area contributed by atoms with Crippen LogP contribution in [0.15, 0.2) is 18.2 Å². The van der Waals surface area contributed by atoms with E-state index < -0.39 is 11.9 Å². The Morgan fingerprint density at radius 3 is 2.79 bits per heavy atom. The zero-order chi connectivity index (χ0) is 14.0. The summed E-state index contributed by atoms with van der Waals surface area (Å²) < 4.78 is 0. The number of nitrogens with one attached hydrogen (secondary N) is 1. The minimum absolute atomic E-state index is 0.0134. The van der Waals surface area contributed by atoms with E-state index in [0.717, 1.165) is 11.3 Å². The van der Waals surface area contributed by atoms with Gasteiger partial charge in [-0.15, -0.1) is 0 Å². The molecule has 1 atom stereocenters. The normalized spacial score (nSPS) is 15.3. The van der Waals surface area contributed by atoms with Crippen molar-refractivity contribution in [3.8, 4) is 0 Å². The van der Waals surface area contributed by atoms with Gasteiger partial charge in [0, 0.05) is 24.1 Å². The fourth-order valence-corrected chi connectivity index (χ4v) is 2.04. The Morgan fingerprint density at radius 1 is 1.37 bits per heavy atom. The van der Waals surface area contributed by atoms with Crippen molar-refractivity contribution in [2.75, 3.05) is 5.32 Å². The lowest BCUT2D eigenvalue weighted by molar-refractivity contribution is -0.141. The van der Waals surface area contributed by atoms with Crippen LogP contribution in [0.2, 0.25) is 0 Å². The van der Waals surface area contributed by atoms with E-state index in [1.54, 1.807) is 18.2 Å². The van der Waals surface area contributed by atoms with E-state index in [1.165, 1.54) is 6.92 Å². The summed E-state index contributed by atoms with van der Waals surface area (Å²) in [7, 11) is 0. The number of hydrogen-bond acceptors (Lipinski definition) is 3. The average molecular weight is 261 g/mol. The minimum atomic E-state index is -0.974. The number of amides is 1. The van der Waals surface area contributed by atoms with E-state index in [1.807, 2.05) is 0 Å². The topological polar surface area (TPSA) is 83.5 Å². The van der Waals surface area contributed by atoms with Gasteiger partial charge in [-0.3, -0.25) is 14.4 Å². The van der Waals surface area contributed by atoms with Crippen LogP contribution in [0, 0.1) is 5.92 Å². The molecule has 0 aliphatic carbocycles. The van der Waals surface area contributed by atoms with Crippen LogP contribution < -0.4 is 5.32 Å². The first-order chi connectivity index (χ1) is 8.97. The molecule has 0 spiro atoms. The predicted molar refractivity (Wildman–Crippen MR) is 69.1 cm³/mol. The first-order valence-electron chi connectivity index (χ1n) is 6.16. The smallest absolute Gasteiger partial charge is 0.306 e. The van der Waals surface area contributed by atoms with Gasteiger partial charge in [-0.2, -0.15) is 0 Å². The number of anilines is 1. The zero-order valence-electron chi connectivity index (χ0n) is 10.6. The molecule has 1 aliphatic heterocycles.